The van der Waals surface area contributed by atoms with Crippen molar-refractivity contribution in [2.24, 2.45) is 5.73 Å². The van der Waals surface area contributed by atoms with Crippen LogP contribution in [-0.2, 0) is 0 Å². The summed E-state index contributed by atoms with van der Waals surface area (Å²) in [4.78, 5) is 2.36. The van der Waals surface area contributed by atoms with E-state index < -0.39 is 0 Å². The van der Waals surface area contributed by atoms with Gasteiger partial charge in [-0.2, -0.15) is 0 Å². The Labute approximate surface area is 91.9 Å². The van der Waals surface area contributed by atoms with Gasteiger partial charge in [0.2, 0.25) is 0 Å². The highest BCUT2D eigenvalue weighted by atomic mass is 15.1. The van der Waals surface area contributed by atoms with Gasteiger partial charge in [0.15, 0.2) is 0 Å². The van der Waals surface area contributed by atoms with E-state index in [0.717, 1.165) is 13.0 Å². The summed E-state index contributed by atoms with van der Waals surface area (Å²) in [6.07, 6.45) is 3.65. The van der Waals surface area contributed by atoms with Gasteiger partial charge in [0.05, 0.1) is 0 Å². The fraction of sp³-hybridized carbons (Fsp3) is 1.00. The van der Waals surface area contributed by atoms with Gasteiger partial charge in [-0.15, -0.1) is 0 Å². The van der Waals surface area contributed by atoms with Crippen LogP contribution in [0.4, 0.5) is 0 Å². The third kappa shape index (κ3) is 29.7. The molecule has 2 nitrogen and oxygen atoms in total. The molecule has 0 heterocycles. The molecule has 14 heavy (non-hydrogen) atoms. The molecule has 2 N–H and O–H groups in total. The molecule has 0 aromatic rings. The minimum absolute atomic E-state index is 0.819. The molecule has 0 atom stereocenters. The number of hydrogen-bond acceptors (Lipinski definition) is 2. The van der Waals surface area contributed by atoms with Crippen LogP contribution < -0.4 is 5.73 Å². The van der Waals surface area contributed by atoms with Crippen molar-refractivity contribution in [3.8, 4) is 0 Å². The molecule has 0 aromatic carbocycles. The largest absolute Gasteiger partial charge is 0.330 e. The normalized spacial score (nSPS) is 8.57. The van der Waals surface area contributed by atoms with E-state index in [2.05, 4.69) is 32.7 Å². The Morgan fingerprint density at radius 3 is 1.29 bits per heavy atom. The van der Waals surface area contributed by atoms with Gasteiger partial charge in [-0.25, -0.2) is 0 Å². The molecule has 0 amide bonds. The minimum Gasteiger partial charge on any atom is -0.330 e. The first-order valence-electron chi connectivity index (χ1n) is 6.11. The molecule has 0 saturated heterocycles. The highest BCUT2D eigenvalue weighted by Gasteiger charge is 1.90. The van der Waals surface area contributed by atoms with Gasteiger partial charge in [-0.05, 0) is 45.9 Å². The Kier molecular flexibility index (Phi) is 32.1. The van der Waals surface area contributed by atoms with Crippen molar-refractivity contribution in [1.82, 2.24) is 4.90 Å². The summed E-state index contributed by atoms with van der Waals surface area (Å²) in [5, 5.41) is 0. The van der Waals surface area contributed by atoms with E-state index >= 15 is 0 Å². The summed E-state index contributed by atoms with van der Waals surface area (Å²) in [7, 11) is 2.17. The lowest BCUT2D eigenvalue weighted by Crippen LogP contribution is -2.19. The van der Waals surface area contributed by atoms with Crippen molar-refractivity contribution < 1.29 is 0 Å². The molecule has 0 radical (unpaired) electrons. The number of nitrogens with two attached hydrogens (primary N) is 1. The third-order valence-corrected chi connectivity index (χ3v) is 1.50. The standard InChI is InChI=1S/C7H17N.C3H9N.C2H6/c1-4-6-8(3)7-5-2;1-2-3-4;1-2/h4-7H2,1-3H3;2-4H2,1H3;1-2H3. The summed E-state index contributed by atoms with van der Waals surface area (Å²) in [5.74, 6) is 0. The second-order valence-electron chi connectivity index (χ2n) is 3.09. The van der Waals surface area contributed by atoms with Gasteiger partial charge >= 0.3 is 0 Å². The Morgan fingerprint density at radius 2 is 1.14 bits per heavy atom. The predicted octanol–water partition coefficient (Wildman–Crippen LogP) is 3.12. The zero-order chi connectivity index (χ0) is 11.8. The first-order valence-corrected chi connectivity index (χ1v) is 6.11. The Morgan fingerprint density at radius 1 is 0.857 bits per heavy atom. The third-order valence-electron chi connectivity index (χ3n) is 1.50. The van der Waals surface area contributed by atoms with E-state index in [1.165, 1.54) is 25.9 Å². The van der Waals surface area contributed by atoms with Crippen molar-refractivity contribution >= 4 is 0 Å². The molecule has 0 aromatic heterocycles. The van der Waals surface area contributed by atoms with Crippen LogP contribution in [0, 0.1) is 0 Å². The SMILES string of the molecule is CC.CCCN.CCCN(C)CCC. The van der Waals surface area contributed by atoms with Crippen molar-refractivity contribution in [2.45, 2.75) is 53.9 Å². The zero-order valence-electron chi connectivity index (χ0n) is 11.3. The van der Waals surface area contributed by atoms with Crippen LogP contribution in [0.2, 0.25) is 0 Å². The van der Waals surface area contributed by atoms with Gasteiger partial charge < -0.3 is 10.6 Å². The summed E-state index contributed by atoms with van der Waals surface area (Å²) < 4.78 is 0. The number of hydrogen-bond donors (Lipinski definition) is 1. The average Bonchev–Trinajstić information content (AvgIpc) is 2.22. The van der Waals surface area contributed by atoms with Crippen molar-refractivity contribution in [3.05, 3.63) is 0 Å². The van der Waals surface area contributed by atoms with Crippen LogP contribution >= 0.6 is 0 Å². The summed E-state index contributed by atoms with van der Waals surface area (Å²) in [6, 6.07) is 0. The number of rotatable bonds is 5. The average molecular weight is 204 g/mol. The maximum Gasteiger partial charge on any atom is -0.00244 e. The zero-order valence-corrected chi connectivity index (χ0v) is 11.3. The lowest BCUT2D eigenvalue weighted by Gasteiger charge is -2.12. The van der Waals surface area contributed by atoms with Crippen LogP contribution in [0.5, 0.6) is 0 Å². The fourth-order valence-corrected chi connectivity index (χ4v) is 0.875. The molecule has 0 rings (SSSR count). The van der Waals surface area contributed by atoms with Gasteiger partial charge in [0.25, 0.3) is 0 Å². The molecule has 0 fully saturated rings. The molecular weight excluding hydrogens is 172 g/mol. The van der Waals surface area contributed by atoms with Gasteiger partial charge in [-0.1, -0.05) is 34.6 Å². The van der Waals surface area contributed by atoms with Crippen LogP contribution in [0.1, 0.15) is 53.9 Å². The molecule has 0 aliphatic heterocycles. The quantitative estimate of drug-likeness (QED) is 0.745. The highest BCUT2D eigenvalue weighted by molar-refractivity contribution is 4.45. The summed E-state index contributed by atoms with van der Waals surface area (Å²) in [5.41, 5.74) is 5.03. The summed E-state index contributed by atoms with van der Waals surface area (Å²) >= 11 is 0. The van der Waals surface area contributed by atoms with E-state index in [9.17, 15) is 0 Å². The van der Waals surface area contributed by atoms with Crippen molar-refractivity contribution in [1.29, 1.82) is 0 Å². The van der Waals surface area contributed by atoms with Crippen LogP contribution in [0.15, 0.2) is 0 Å². The Hall–Kier alpha value is -0.0800. The molecule has 0 aliphatic rings. The second kappa shape index (κ2) is 23.1. The Bertz CT molecular complexity index is 57.3. The van der Waals surface area contributed by atoms with E-state index in [-0.39, 0.29) is 0 Å². The van der Waals surface area contributed by atoms with Crippen LogP contribution in [0.25, 0.3) is 0 Å². The number of nitrogens with zero attached hydrogens (tertiary/aromatic N) is 1. The minimum atomic E-state index is 0.819. The smallest absolute Gasteiger partial charge is 0.00244 e. The summed E-state index contributed by atoms with van der Waals surface area (Å²) in [6.45, 7) is 13.8. The molecule has 0 saturated carbocycles. The van der Waals surface area contributed by atoms with Gasteiger partial charge in [-0.3, -0.25) is 0 Å². The fourth-order valence-electron chi connectivity index (χ4n) is 0.875. The molecule has 0 unspecified atom stereocenters. The highest BCUT2D eigenvalue weighted by Crippen LogP contribution is 1.86. The molecule has 0 spiro atoms. The van der Waals surface area contributed by atoms with E-state index in [1.807, 2.05) is 13.8 Å². The molecule has 2 heteroatoms. The van der Waals surface area contributed by atoms with Crippen LogP contribution in [0.3, 0.4) is 0 Å². The topological polar surface area (TPSA) is 29.3 Å². The maximum atomic E-state index is 5.03. The van der Waals surface area contributed by atoms with Crippen molar-refractivity contribution in [2.75, 3.05) is 26.7 Å². The maximum absolute atomic E-state index is 5.03. The molecule has 0 bridgehead atoms. The van der Waals surface area contributed by atoms with Crippen molar-refractivity contribution in [3.63, 3.8) is 0 Å². The lowest BCUT2D eigenvalue weighted by molar-refractivity contribution is 0.335. The first kappa shape index (κ1) is 19.5. The van der Waals surface area contributed by atoms with E-state index in [1.54, 1.807) is 0 Å². The van der Waals surface area contributed by atoms with E-state index in [0.29, 0.717) is 0 Å². The lowest BCUT2D eigenvalue weighted by atomic mass is 10.4. The Balaban J connectivity index is -0.000000170. The predicted molar refractivity (Wildman–Crippen MR) is 68.8 cm³/mol. The first-order chi connectivity index (χ1) is 6.72. The van der Waals surface area contributed by atoms with Gasteiger partial charge in [0, 0.05) is 0 Å². The van der Waals surface area contributed by atoms with E-state index in [4.69, 9.17) is 5.73 Å². The second-order valence-corrected chi connectivity index (χ2v) is 3.09. The molecule has 0 aliphatic carbocycles. The van der Waals surface area contributed by atoms with Gasteiger partial charge in [0.1, 0.15) is 0 Å². The molecular formula is C12H32N2. The monoisotopic (exact) mass is 204 g/mol. The molecule has 90 valence electrons. The van der Waals surface area contributed by atoms with Crippen LogP contribution in [-0.4, -0.2) is 31.6 Å².